The highest BCUT2D eigenvalue weighted by molar-refractivity contribution is 5.52. The Balaban J connectivity index is 2.18. The van der Waals surface area contributed by atoms with E-state index in [4.69, 9.17) is 0 Å². The maximum Gasteiger partial charge on any atom is 0.00637 e. The fourth-order valence-corrected chi connectivity index (χ4v) is 3.80. The van der Waals surface area contributed by atoms with Gasteiger partial charge in [0.25, 0.3) is 0 Å². The quantitative estimate of drug-likeness (QED) is 0.583. The Labute approximate surface area is 110 Å². The van der Waals surface area contributed by atoms with Crippen molar-refractivity contribution in [1.29, 1.82) is 0 Å². The Kier molecular flexibility index (Phi) is 2.89. The summed E-state index contributed by atoms with van der Waals surface area (Å²) in [6, 6.07) is 8.99. The van der Waals surface area contributed by atoms with E-state index in [-0.39, 0.29) is 0 Å². The van der Waals surface area contributed by atoms with E-state index in [9.17, 15) is 0 Å². The molecule has 0 heteroatoms. The molecule has 2 aliphatic rings. The van der Waals surface area contributed by atoms with Gasteiger partial charge in [0.05, 0.1) is 0 Å². The van der Waals surface area contributed by atoms with Gasteiger partial charge in [0, 0.05) is 11.8 Å². The summed E-state index contributed by atoms with van der Waals surface area (Å²) in [5, 5.41) is 0. The largest absolute Gasteiger partial charge is 0.0842 e. The Morgan fingerprint density at radius 1 is 0.944 bits per heavy atom. The van der Waals surface area contributed by atoms with Crippen LogP contribution in [0.15, 0.2) is 47.6 Å². The van der Waals surface area contributed by atoms with E-state index < -0.39 is 0 Å². The van der Waals surface area contributed by atoms with Gasteiger partial charge < -0.3 is 0 Å². The average Bonchev–Trinajstić information content (AvgIpc) is 2.58. The molecule has 0 fully saturated rings. The first-order chi connectivity index (χ1) is 8.70. The Morgan fingerprint density at radius 2 is 1.61 bits per heavy atom. The molecule has 2 aliphatic carbocycles. The fourth-order valence-electron chi connectivity index (χ4n) is 3.80. The van der Waals surface area contributed by atoms with Crippen molar-refractivity contribution in [3.05, 3.63) is 58.7 Å². The fraction of sp³-hybridized carbons (Fsp3) is 0.444. The van der Waals surface area contributed by atoms with Crippen LogP contribution >= 0.6 is 0 Å². The van der Waals surface area contributed by atoms with Crippen molar-refractivity contribution in [2.75, 3.05) is 0 Å². The van der Waals surface area contributed by atoms with Crippen LogP contribution in [0.4, 0.5) is 0 Å². The third kappa shape index (κ3) is 1.67. The zero-order valence-electron chi connectivity index (χ0n) is 11.6. The Morgan fingerprint density at radius 3 is 2.33 bits per heavy atom. The lowest BCUT2D eigenvalue weighted by atomic mass is 9.70. The molecule has 0 amide bonds. The van der Waals surface area contributed by atoms with Crippen molar-refractivity contribution in [2.45, 2.75) is 45.4 Å². The van der Waals surface area contributed by atoms with Gasteiger partial charge in [0.1, 0.15) is 0 Å². The smallest absolute Gasteiger partial charge is 0.00637 e. The van der Waals surface area contributed by atoms with Gasteiger partial charge in [-0.2, -0.15) is 0 Å². The van der Waals surface area contributed by atoms with Gasteiger partial charge in [0.2, 0.25) is 0 Å². The molecule has 0 saturated carbocycles. The lowest BCUT2D eigenvalue weighted by molar-refractivity contribution is 0.563. The van der Waals surface area contributed by atoms with Crippen LogP contribution in [0.3, 0.4) is 0 Å². The van der Waals surface area contributed by atoms with E-state index in [1.165, 1.54) is 18.4 Å². The summed E-state index contributed by atoms with van der Waals surface area (Å²) < 4.78 is 0. The molecule has 94 valence electrons. The Hall–Kier alpha value is -1.30. The summed E-state index contributed by atoms with van der Waals surface area (Å²) in [5.41, 5.74) is 6.36. The van der Waals surface area contributed by atoms with Gasteiger partial charge in [-0.3, -0.25) is 0 Å². The Bertz CT molecular complexity index is 519. The highest BCUT2D eigenvalue weighted by Crippen LogP contribution is 2.47. The van der Waals surface area contributed by atoms with E-state index in [2.05, 4.69) is 57.2 Å². The minimum atomic E-state index is 0.559. The van der Waals surface area contributed by atoms with E-state index in [1.807, 2.05) is 0 Å². The first kappa shape index (κ1) is 11.8. The van der Waals surface area contributed by atoms with Crippen LogP contribution < -0.4 is 0 Å². The maximum atomic E-state index is 2.40. The summed E-state index contributed by atoms with van der Waals surface area (Å²) in [5.74, 6) is 1.87. The second kappa shape index (κ2) is 4.42. The molecule has 0 radical (unpaired) electrons. The molecule has 0 aromatic heterocycles. The minimum absolute atomic E-state index is 0.559. The zero-order chi connectivity index (χ0) is 12.7. The first-order valence-electron chi connectivity index (χ1n) is 7.19. The summed E-state index contributed by atoms with van der Waals surface area (Å²) in [6.07, 6.45) is 7.30. The number of hydrogen-bond donors (Lipinski definition) is 0. The summed E-state index contributed by atoms with van der Waals surface area (Å²) in [4.78, 5) is 0. The molecule has 3 unspecified atom stereocenters. The van der Waals surface area contributed by atoms with E-state index in [0.29, 0.717) is 11.8 Å². The van der Waals surface area contributed by atoms with E-state index in [0.717, 1.165) is 5.92 Å². The van der Waals surface area contributed by atoms with Crippen LogP contribution in [0, 0.1) is 5.92 Å². The number of allylic oxidation sites excluding steroid dienone is 4. The summed E-state index contributed by atoms with van der Waals surface area (Å²) >= 11 is 0. The molecule has 3 rings (SSSR count). The molecule has 0 heterocycles. The van der Waals surface area contributed by atoms with E-state index in [1.54, 1.807) is 16.7 Å². The van der Waals surface area contributed by atoms with Crippen LogP contribution in [0.1, 0.15) is 56.6 Å². The van der Waals surface area contributed by atoms with Crippen LogP contribution in [-0.2, 0) is 0 Å². The number of benzene rings is 1. The molecular weight excluding hydrogens is 216 g/mol. The standard InChI is InChI=1S/C18H22/c1-12-8-4-5-11-17-13(2)15-9-6-7-10-16(15)14(3)18(12)17/h5-7,9-14H,4,8H2,1-3H3. The highest BCUT2D eigenvalue weighted by Gasteiger charge is 2.31. The first-order valence-corrected chi connectivity index (χ1v) is 7.19. The molecule has 1 aromatic carbocycles. The van der Waals surface area contributed by atoms with Crippen molar-refractivity contribution in [2.24, 2.45) is 5.92 Å². The predicted molar refractivity (Wildman–Crippen MR) is 77.8 cm³/mol. The molecule has 1 aromatic rings. The number of fused-ring (bicyclic) bond motifs is 1. The second-order valence-corrected chi connectivity index (χ2v) is 5.86. The SMILES string of the molecule is CC1CCC=CC2=C1C(C)c1ccccc1C2C. The van der Waals surface area contributed by atoms with Gasteiger partial charge in [-0.25, -0.2) is 0 Å². The second-order valence-electron chi connectivity index (χ2n) is 5.86. The van der Waals surface area contributed by atoms with Gasteiger partial charge in [-0.05, 0) is 35.5 Å². The third-order valence-corrected chi connectivity index (χ3v) is 4.79. The van der Waals surface area contributed by atoms with E-state index >= 15 is 0 Å². The molecule has 0 nitrogen and oxygen atoms in total. The maximum absolute atomic E-state index is 2.40. The van der Waals surface area contributed by atoms with Crippen LogP contribution in [0.25, 0.3) is 0 Å². The third-order valence-electron chi connectivity index (χ3n) is 4.79. The lowest BCUT2D eigenvalue weighted by Crippen LogP contribution is -2.18. The molecule has 0 N–H and O–H groups in total. The van der Waals surface area contributed by atoms with Crippen molar-refractivity contribution in [3.63, 3.8) is 0 Å². The molecule has 0 saturated heterocycles. The van der Waals surface area contributed by atoms with Crippen LogP contribution in [-0.4, -0.2) is 0 Å². The van der Waals surface area contributed by atoms with Crippen molar-refractivity contribution < 1.29 is 0 Å². The minimum Gasteiger partial charge on any atom is -0.0842 e. The predicted octanol–water partition coefficient (Wildman–Crippen LogP) is 5.19. The molecule has 0 bridgehead atoms. The van der Waals surface area contributed by atoms with Gasteiger partial charge in [0.15, 0.2) is 0 Å². The van der Waals surface area contributed by atoms with Crippen LogP contribution in [0.5, 0.6) is 0 Å². The summed E-state index contributed by atoms with van der Waals surface area (Å²) in [6.45, 7) is 7.15. The summed E-state index contributed by atoms with van der Waals surface area (Å²) in [7, 11) is 0. The monoisotopic (exact) mass is 238 g/mol. The zero-order valence-corrected chi connectivity index (χ0v) is 11.6. The average molecular weight is 238 g/mol. The topological polar surface area (TPSA) is 0 Å². The molecule has 0 aliphatic heterocycles. The molecule has 18 heavy (non-hydrogen) atoms. The number of hydrogen-bond acceptors (Lipinski definition) is 0. The van der Waals surface area contributed by atoms with Crippen molar-refractivity contribution >= 4 is 0 Å². The molecule has 0 spiro atoms. The van der Waals surface area contributed by atoms with Gasteiger partial charge >= 0.3 is 0 Å². The van der Waals surface area contributed by atoms with Gasteiger partial charge in [-0.1, -0.05) is 62.8 Å². The highest BCUT2D eigenvalue weighted by atomic mass is 14.4. The molecular formula is C18H22. The number of rotatable bonds is 0. The van der Waals surface area contributed by atoms with Gasteiger partial charge in [-0.15, -0.1) is 0 Å². The van der Waals surface area contributed by atoms with Crippen molar-refractivity contribution in [1.82, 2.24) is 0 Å². The lowest BCUT2D eigenvalue weighted by Gasteiger charge is -2.34. The normalized spacial score (nSPS) is 30.7. The van der Waals surface area contributed by atoms with Crippen molar-refractivity contribution in [3.8, 4) is 0 Å². The molecule has 3 atom stereocenters. The van der Waals surface area contributed by atoms with Crippen LogP contribution in [0.2, 0.25) is 0 Å².